The lowest BCUT2D eigenvalue weighted by atomic mass is 10.5. The molecule has 0 fully saturated rings. The number of aromatic nitrogens is 4. The van der Waals surface area contributed by atoms with E-state index < -0.39 is 0 Å². The standard InChI is InChI=1S/C8H8IN5/c1-5-7(9)8(10)14(13-5)6-4-11-2-3-12-6/h2-4H,10H2,1H3. The van der Waals surface area contributed by atoms with E-state index in [4.69, 9.17) is 5.73 Å². The van der Waals surface area contributed by atoms with Crippen LogP contribution in [0.2, 0.25) is 0 Å². The van der Waals surface area contributed by atoms with Gasteiger partial charge in [0.1, 0.15) is 5.82 Å². The number of aryl methyl sites for hydroxylation is 1. The number of hydrogen-bond acceptors (Lipinski definition) is 4. The summed E-state index contributed by atoms with van der Waals surface area (Å²) < 4.78 is 2.54. The van der Waals surface area contributed by atoms with Gasteiger partial charge in [-0.15, -0.1) is 0 Å². The first-order valence-corrected chi connectivity index (χ1v) is 5.05. The smallest absolute Gasteiger partial charge is 0.174 e. The predicted octanol–water partition coefficient (Wildman–Crippen LogP) is 1.16. The minimum absolute atomic E-state index is 0.601. The van der Waals surface area contributed by atoms with Crippen LogP contribution in [0.4, 0.5) is 5.82 Å². The summed E-state index contributed by atoms with van der Waals surface area (Å²) in [7, 11) is 0. The molecule has 14 heavy (non-hydrogen) atoms. The number of nitrogens with two attached hydrogens (primary N) is 1. The molecular weight excluding hydrogens is 293 g/mol. The predicted molar refractivity (Wildman–Crippen MR) is 61.0 cm³/mol. The van der Waals surface area contributed by atoms with E-state index in [-0.39, 0.29) is 0 Å². The maximum absolute atomic E-state index is 5.86. The van der Waals surface area contributed by atoms with Crippen LogP contribution in [-0.4, -0.2) is 19.7 Å². The molecule has 0 aromatic carbocycles. The first-order chi connectivity index (χ1) is 6.70. The fourth-order valence-corrected chi connectivity index (χ4v) is 1.44. The molecule has 2 N–H and O–H groups in total. The van der Waals surface area contributed by atoms with E-state index in [1.165, 1.54) is 0 Å². The van der Waals surface area contributed by atoms with Gasteiger partial charge in [0.25, 0.3) is 0 Å². The summed E-state index contributed by atoms with van der Waals surface area (Å²) in [6.45, 7) is 1.91. The molecule has 0 saturated heterocycles. The number of nitrogens with zero attached hydrogens (tertiary/aromatic N) is 4. The molecule has 0 amide bonds. The van der Waals surface area contributed by atoms with Gasteiger partial charge in [0, 0.05) is 12.4 Å². The van der Waals surface area contributed by atoms with Gasteiger partial charge < -0.3 is 5.73 Å². The van der Waals surface area contributed by atoms with Crippen LogP contribution in [0.15, 0.2) is 18.6 Å². The normalized spacial score (nSPS) is 10.4. The van der Waals surface area contributed by atoms with E-state index in [2.05, 4.69) is 37.7 Å². The molecule has 0 saturated carbocycles. The van der Waals surface area contributed by atoms with Gasteiger partial charge >= 0.3 is 0 Å². The molecule has 0 radical (unpaired) electrons. The molecule has 0 spiro atoms. The van der Waals surface area contributed by atoms with Gasteiger partial charge in [-0.1, -0.05) is 0 Å². The summed E-state index contributed by atoms with van der Waals surface area (Å²) in [5.41, 5.74) is 6.76. The van der Waals surface area contributed by atoms with E-state index in [0.29, 0.717) is 11.6 Å². The summed E-state index contributed by atoms with van der Waals surface area (Å²) in [6, 6.07) is 0. The summed E-state index contributed by atoms with van der Waals surface area (Å²) in [4.78, 5) is 8.08. The van der Waals surface area contributed by atoms with Crippen molar-refractivity contribution in [3.63, 3.8) is 0 Å². The Kier molecular flexibility index (Phi) is 2.36. The first kappa shape index (κ1) is 9.38. The van der Waals surface area contributed by atoms with Gasteiger partial charge in [-0.05, 0) is 29.5 Å². The highest BCUT2D eigenvalue weighted by molar-refractivity contribution is 14.1. The Labute approximate surface area is 94.5 Å². The zero-order valence-corrected chi connectivity index (χ0v) is 9.63. The van der Waals surface area contributed by atoms with Gasteiger partial charge in [0.15, 0.2) is 5.82 Å². The lowest BCUT2D eigenvalue weighted by molar-refractivity contribution is 0.833. The molecule has 0 atom stereocenters. The minimum Gasteiger partial charge on any atom is -0.383 e. The zero-order valence-electron chi connectivity index (χ0n) is 7.48. The van der Waals surface area contributed by atoms with E-state index in [9.17, 15) is 0 Å². The van der Waals surface area contributed by atoms with Crippen LogP contribution in [0.3, 0.4) is 0 Å². The number of rotatable bonds is 1. The van der Waals surface area contributed by atoms with Crippen molar-refractivity contribution in [2.24, 2.45) is 0 Å². The maximum Gasteiger partial charge on any atom is 0.174 e. The average molecular weight is 301 g/mol. The lowest BCUT2D eigenvalue weighted by Gasteiger charge is -2.00. The minimum atomic E-state index is 0.601. The highest BCUT2D eigenvalue weighted by atomic mass is 127. The summed E-state index contributed by atoms with van der Waals surface area (Å²) >= 11 is 2.16. The van der Waals surface area contributed by atoms with E-state index in [1.54, 1.807) is 23.3 Å². The molecule has 5 nitrogen and oxygen atoms in total. The third kappa shape index (κ3) is 1.45. The number of hydrogen-bond donors (Lipinski definition) is 1. The summed E-state index contributed by atoms with van der Waals surface area (Å²) in [5, 5.41) is 4.26. The maximum atomic E-state index is 5.86. The molecule has 2 heterocycles. The highest BCUT2D eigenvalue weighted by Gasteiger charge is 2.11. The molecule has 0 unspecified atom stereocenters. The quantitative estimate of drug-likeness (QED) is 0.802. The first-order valence-electron chi connectivity index (χ1n) is 3.97. The van der Waals surface area contributed by atoms with Crippen molar-refractivity contribution in [3.8, 4) is 5.82 Å². The Morgan fingerprint density at radius 3 is 2.71 bits per heavy atom. The van der Waals surface area contributed by atoms with Crippen molar-refractivity contribution in [1.29, 1.82) is 0 Å². The van der Waals surface area contributed by atoms with Crippen LogP contribution >= 0.6 is 22.6 Å². The second-order valence-electron chi connectivity index (χ2n) is 2.76. The third-order valence-corrected chi connectivity index (χ3v) is 3.12. The fraction of sp³-hybridized carbons (Fsp3) is 0.125. The van der Waals surface area contributed by atoms with Gasteiger partial charge in [0.05, 0.1) is 15.5 Å². The molecule has 0 aliphatic rings. The van der Waals surface area contributed by atoms with Gasteiger partial charge in [-0.25, -0.2) is 4.98 Å². The second kappa shape index (κ2) is 3.52. The van der Waals surface area contributed by atoms with Crippen LogP contribution in [0, 0.1) is 10.5 Å². The second-order valence-corrected chi connectivity index (χ2v) is 3.84. The van der Waals surface area contributed by atoms with Crippen LogP contribution in [0.25, 0.3) is 5.82 Å². The molecule has 2 aromatic heterocycles. The van der Waals surface area contributed by atoms with E-state index >= 15 is 0 Å². The van der Waals surface area contributed by atoms with Crippen molar-refractivity contribution in [1.82, 2.24) is 19.7 Å². The van der Waals surface area contributed by atoms with Gasteiger partial charge in [0.2, 0.25) is 0 Å². The largest absolute Gasteiger partial charge is 0.383 e. The van der Waals surface area contributed by atoms with Crippen LogP contribution in [-0.2, 0) is 0 Å². The van der Waals surface area contributed by atoms with Crippen LogP contribution in [0.1, 0.15) is 5.69 Å². The Bertz CT molecular complexity index is 450. The Morgan fingerprint density at radius 1 is 1.43 bits per heavy atom. The molecule has 2 rings (SSSR count). The highest BCUT2D eigenvalue weighted by Crippen LogP contribution is 2.20. The molecule has 6 heteroatoms. The number of anilines is 1. The van der Waals surface area contributed by atoms with Crippen molar-refractivity contribution in [2.75, 3.05) is 5.73 Å². The zero-order chi connectivity index (χ0) is 10.1. The Morgan fingerprint density at radius 2 is 2.21 bits per heavy atom. The average Bonchev–Trinajstić information content (AvgIpc) is 2.47. The van der Waals surface area contributed by atoms with Crippen molar-refractivity contribution >= 4 is 28.4 Å². The summed E-state index contributed by atoms with van der Waals surface area (Å²) in [6.07, 6.45) is 4.85. The Balaban J connectivity index is 2.58. The van der Waals surface area contributed by atoms with Crippen molar-refractivity contribution in [2.45, 2.75) is 6.92 Å². The molecule has 2 aromatic rings. The molecule has 72 valence electrons. The SMILES string of the molecule is Cc1nn(-c2cnccn2)c(N)c1I. The number of nitrogen functional groups attached to an aromatic ring is 1. The van der Waals surface area contributed by atoms with Crippen LogP contribution < -0.4 is 5.73 Å². The van der Waals surface area contributed by atoms with Gasteiger partial charge in [-0.2, -0.15) is 9.78 Å². The Hall–Kier alpha value is -1.18. The van der Waals surface area contributed by atoms with Crippen molar-refractivity contribution < 1.29 is 0 Å². The molecular formula is C8H8IN5. The topological polar surface area (TPSA) is 69.6 Å². The summed E-state index contributed by atoms with van der Waals surface area (Å²) in [5.74, 6) is 1.24. The molecule has 0 aliphatic heterocycles. The number of halogens is 1. The van der Waals surface area contributed by atoms with Crippen molar-refractivity contribution in [3.05, 3.63) is 27.9 Å². The van der Waals surface area contributed by atoms with Gasteiger partial charge in [-0.3, -0.25) is 4.98 Å². The molecule has 0 aliphatic carbocycles. The van der Waals surface area contributed by atoms with E-state index in [1.807, 2.05) is 6.92 Å². The lowest BCUT2D eigenvalue weighted by Crippen LogP contribution is -2.04. The monoisotopic (exact) mass is 301 g/mol. The van der Waals surface area contributed by atoms with Crippen LogP contribution in [0.5, 0.6) is 0 Å². The molecule has 0 bridgehead atoms. The van der Waals surface area contributed by atoms with E-state index in [0.717, 1.165) is 9.26 Å². The third-order valence-electron chi connectivity index (χ3n) is 1.79. The fourth-order valence-electron chi connectivity index (χ4n) is 1.10.